The van der Waals surface area contributed by atoms with Crippen molar-refractivity contribution in [2.24, 2.45) is 0 Å². The van der Waals surface area contributed by atoms with Crippen LogP contribution in [0.25, 0.3) is 33.3 Å². The Bertz CT molecular complexity index is 1370. The molecule has 0 aliphatic carbocycles. The summed E-state index contributed by atoms with van der Waals surface area (Å²) in [5.41, 5.74) is 3.41. The number of fused-ring (bicyclic) bond motifs is 2. The quantitative estimate of drug-likeness (QED) is 0.450. The first-order chi connectivity index (χ1) is 13.7. The molecular weight excluding hydrogens is 374 g/mol. The van der Waals surface area contributed by atoms with Crippen LogP contribution >= 0.6 is 11.8 Å². The van der Waals surface area contributed by atoms with Crippen LogP contribution in [0, 0.1) is 6.92 Å². The lowest BCUT2D eigenvalue weighted by molar-refractivity contribution is 0.466. The molecule has 0 saturated carbocycles. The summed E-state index contributed by atoms with van der Waals surface area (Å²) in [6.45, 7) is 1.94. The molecule has 2 N–H and O–H groups in total. The first-order valence-electron chi connectivity index (χ1n) is 8.70. The van der Waals surface area contributed by atoms with E-state index in [9.17, 15) is 4.79 Å². The first kappa shape index (κ1) is 16.8. The second-order valence-corrected chi connectivity index (χ2v) is 7.32. The van der Waals surface area contributed by atoms with Gasteiger partial charge in [0.25, 0.3) is 16.7 Å². The van der Waals surface area contributed by atoms with Gasteiger partial charge in [0.05, 0.1) is 22.2 Å². The Kier molecular flexibility index (Phi) is 3.98. The fraction of sp³-hybridized carbons (Fsp3) is 0.100. The number of H-pyrrole nitrogens is 2. The lowest BCUT2D eigenvalue weighted by Gasteiger charge is -2.03. The zero-order chi connectivity index (χ0) is 19.1. The number of thioether (sulfide) groups is 1. The second kappa shape index (κ2) is 6.65. The molecule has 5 rings (SSSR count). The largest absolute Gasteiger partial charge is 0.411 e. The number of hydrogen-bond acceptors (Lipinski definition) is 6. The number of aromatic amines is 2. The third kappa shape index (κ3) is 2.87. The molecule has 0 radical (unpaired) electrons. The average Bonchev–Trinajstić information content (AvgIpc) is 3.34. The van der Waals surface area contributed by atoms with Gasteiger partial charge in [0.15, 0.2) is 0 Å². The molecule has 8 heteroatoms. The van der Waals surface area contributed by atoms with Crippen molar-refractivity contribution >= 4 is 33.6 Å². The maximum Gasteiger partial charge on any atom is 0.277 e. The Balaban J connectivity index is 1.40. The van der Waals surface area contributed by atoms with Crippen LogP contribution in [0.1, 0.15) is 11.4 Å². The number of hydrogen-bond donors (Lipinski definition) is 2. The molecule has 0 bridgehead atoms. The van der Waals surface area contributed by atoms with Crippen LogP contribution in [-0.2, 0) is 5.75 Å². The molecule has 0 aliphatic rings. The number of para-hydroxylation sites is 2. The standard InChI is InChI=1S/C20H15N5O2S/c1-11-5-4-7-13-17(11)22-16(23-18(13)26)10-28-20-25-24-19(27-20)14-9-21-15-8-3-2-6-12(14)15/h2-9,21H,10H2,1H3,(H,22,23,26). The average molecular weight is 389 g/mol. The van der Waals surface area contributed by atoms with E-state index in [-0.39, 0.29) is 5.56 Å². The number of nitrogens with zero attached hydrogens (tertiary/aromatic N) is 3. The Labute approximate surface area is 163 Å². The molecule has 0 aliphatic heterocycles. The van der Waals surface area contributed by atoms with Crippen LogP contribution in [0.2, 0.25) is 0 Å². The highest BCUT2D eigenvalue weighted by Gasteiger charge is 2.14. The van der Waals surface area contributed by atoms with Crippen LogP contribution in [0.5, 0.6) is 0 Å². The molecule has 0 atom stereocenters. The third-order valence-corrected chi connectivity index (χ3v) is 5.38. The van der Waals surface area contributed by atoms with Crippen molar-refractivity contribution in [3.05, 3.63) is 70.4 Å². The van der Waals surface area contributed by atoms with E-state index in [1.54, 1.807) is 6.07 Å². The van der Waals surface area contributed by atoms with E-state index >= 15 is 0 Å². The van der Waals surface area contributed by atoms with E-state index in [1.165, 1.54) is 11.8 Å². The number of benzene rings is 2. The highest BCUT2D eigenvalue weighted by atomic mass is 32.2. The van der Waals surface area contributed by atoms with E-state index in [2.05, 4.69) is 25.1 Å². The van der Waals surface area contributed by atoms with Crippen LogP contribution in [0.15, 0.2) is 63.1 Å². The molecule has 3 heterocycles. The van der Waals surface area contributed by atoms with Gasteiger partial charge >= 0.3 is 0 Å². The van der Waals surface area contributed by atoms with Crippen molar-refractivity contribution in [3.63, 3.8) is 0 Å². The molecule has 0 amide bonds. The van der Waals surface area contributed by atoms with Gasteiger partial charge in [0.2, 0.25) is 0 Å². The number of rotatable bonds is 4. The molecule has 5 aromatic rings. The van der Waals surface area contributed by atoms with Crippen LogP contribution in [0.4, 0.5) is 0 Å². The highest BCUT2D eigenvalue weighted by molar-refractivity contribution is 7.98. The van der Waals surface area contributed by atoms with Gasteiger partial charge in [-0.3, -0.25) is 4.79 Å². The summed E-state index contributed by atoms with van der Waals surface area (Å²) in [6, 6.07) is 13.5. The molecular formula is C20H15N5O2S. The third-order valence-electron chi connectivity index (χ3n) is 4.55. The Hall–Kier alpha value is -3.39. The van der Waals surface area contributed by atoms with Gasteiger partial charge in [-0.15, -0.1) is 10.2 Å². The van der Waals surface area contributed by atoms with Crippen molar-refractivity contribution in [3.8, 4) is 11.5 Å². The van der Waals surface area contributed by atoms with Gasteiger partial charge in [-0.25, -0.2) is 4.98 Å². The zero-order valence-electron chi connectivity index (χ0n) is 14.9. The first-order valence-corrected chi connectivity index (χ1v) is 9.69. The number of aryl methyl sites for hydroxylation is 1. The normalized spacial score (nSPS) is 11.5. The zero-order valence-corrected chi connectivity index (χ0v) is 15.7. The minimum atomic E-state index is -0.144. The fourth-order valence-corrected chi connectivity index (χ4v) is 3.81. The molecule has 7 nitrogen and oxygen atoms in total. The predicted molar refractivity (Wildman–Crippen MR) is 108 cm³/mol. The maximum absolute atomic E-state index is 12.3. The topological polar surface area (TPSA) is 100 Å². The summed E-state index contributed by atoms with van der Waals surface area (Å²) < 4.78 is 5.80. The monoisotopic (exact) mass is 389 g/mol. The van der Waals surface area contributed by atoms with Crippen molar-refractivity contribution in [1.29, 1.82) is 0 Å². The molecule has 3 aromatic heterocycles. The Morgan fingerprint density at radius 2 is 1.93 bits per heavy atom. The minimum absolute atomic E-state index is 0.144. The maximum atomic E-state index is 12.3. The van der Waals surface area contributed by atoms with Crippen molar-refractivity contribution in [1.82, 2.24) is 25.1 Å². The minimum Gasteiger partial charge on any atom is -0.411 e. The lowest BCUT2D eigenvalue weighted by Crippen LogP contribution is -2.11. The van der Waals surface area contributed by atoms with Gasteiger partial charge in [-0.2, -0.15) is 0 Å². The number of nitrogens with one attached hydrogen (secondary N) is 2. The van der Waals surface area contributed by atoms with Crippen molar-refractivity contribution in [2.45, 2.75) is 17.9 Å². The van der Waals surface area contributed by atoms with Crippen LogP contribution < -0.4 is 5.56 Å². The summed E-state index contributed by atoms with van der Waals surface area (Å²) in [7, 11) is 0. The molecule has 138 valence electrons. The Morgan fingerprint density at radius 1 is 1.07 bits per heavy atom. The predicted octanol–water partition coefficient (Wildman–Crippen LogP) is 4.06. The summed E-state index contributed by atoms with van der Waals surface area (Å²) in [4.78, 5) is 22.9. The molecule has 0 saturated heterocycles. The van der Waals surface area contributed by atoms with E-state index in [4.69, 9.17) is 4.42 Å². The SMILES string of the molecule is Cc1cccc2c(=O)[nH]c(CSc3nnc(-c4c[nH]c5ccccc45)o3)nc12. The van der Waals surface area contributed by atoms with Gasteiger partial charge in [-0.1, -0.05) is 42.1 Å². The smallest absolute Gasteiger partial charge is 0.277 e. The summed E-state index contributed by atoms with van der Waals surface area (Å²) in [5, 5.41) is 10.3. The summed E-state index contributed by atoms with van der Waals surface area (Å²) in [6.07, 6.45) is 1.86. The van der Waals surface area contributed by atoms with Crippen LogP contribution in [-0.4, -0.2) is 25.1 Å². The van der Waals surface area contributed by atoms with Crippen LogP contribution in [0.3, 0.4) is 0 Å². The number of aromatic nitrogens is 5. The van der Waals surface area contributed by atoms with E-state index in [0.717, 1.165) is 22.0 Å². The molecule has 28 heavy (non-hydrogen) atoms. The fourth-order valence-electron chi connectivity index (χ4n) is 3.18. The molecule has 0 fully saturated rings. The summed E-state index contributed by atoms with van der Waals surface area (Å²) in [5.74, 6) is 1.45. The second-order valence-electron chi connectivity index (χ2n) is 6.39. The van der Waals surface area contributed by atoms with Gasteiger partial charge in [0.1, 0.15) is 5.82 Å². The molecule has 2 aromatic carbocycles. The highest BCUT2D eigenvalue weighted by Crippen LogP contribution is 2.30. The van der Waals surface area contributed by atoms with E-state index in [0.29, 0.717) is 33.6 Å². The molecule has 0 spiro atoms. The van der Waals surface area contributed by atoms with Crippen molar-refractivity contribution < 1.29 is 4.42 Å². The Morgan fingerprint density at radius 3 is 2.86 bits per heavy atom. The summed E-state index contributed by atoms with van der Waals surface area (Å²) >= 11 is 1.34. The van der Waals surface area contributed by atoms with Crippen molar-refractivity contribution in [2.75, 3.05) is 0 Å². The van der Waals surface area contributed by atoms with Gasteiger partial charge in [-0.05, 0) is 24.6 Å². The van der Waals surface area contributed by atoms with Gasteiger partial charge in [0, 0.05) is 17.1 Å². The lowest BCUT2D eigenvalue weighted by atomic mass is 10.1. The molecule has 0 unspecified atom stereocenters. The van der Waals surface area contributed by atoms with Gasteiger partial charge < -0.3 is 14.4 Å². The van der Waals surface area contributed by atoms with E-state index in [1.807, 2.05) is 49.5 Å². The van der Waals surface area contributed by atoms with E-state index < -0.39 is 0 Å².